The first-order chi connectivity index (χ1) is 12.3. The molecule has 0 saturated carbocycles. The number of pyridine rings is 1. The molecule has 1 atom stereocenters. The van der Waals surface area contributed by atoms with Crippen LogP contribution in [-0.2, 0) is 17.6 Å². The highest BCUT2D eigenvalue weighted by Crippen LogP contribution is 2.30. The number of hydrogen-bond acceptors (Lipinski definition) is 6. The summed E-state index contributed by atoms with van der Waals surface area (Å²) < 4.78 is 5.36. The van der Waals surface area contributed by atoms with E-state index in [1.54, 1.807) is 13.3 Å². The molecule has 6 heteroatoms. The van der Waals surface area contributed by atoms with E-state index < -0.39 is 0 Å². The van der Waals surface area contributed by atoms with E-state index in [1.165, 1.54) is 11.3 Å². The van der Waals surface area contributed by atoms with Gasteiger partial charge in [-0.2, -0.15) is 0 Å². The predicted octanol–water partition coefficient (Wildman–Crippen LogP) is 1.70. The topological polar surface area (TPSA) is 63.2 Å². The minimum atomic E-state index is 0.581. The second kappa shape index (κ2) is 7.45. The predicted molar refractivity (Wildman–Crippen MR) is 97.7 cm³/mol. The van der Waals surface area contributed by atoms with Crippen molar-refractivity contribution in [1.82, 2.24) is 20.3 Å². The van der Waals surface area contributed by atoms with E-state index in [4.69, 9.17) is 14.7 Å². The lowest BCUT2D eigenvalue weighted by atomic mass is 10.1. The van der Waals surface area contributed by atoms with Crippen molar-refractivity contribution in [2.24, 2.45) is 5.92 Å². The third-order valence-electron chi connectivity index (χ3n) is 5.04. The van der Waals surface area contributed by atoms with Crippen LogP contribution in [0.2, 0.25) is 0 Å². The van der Waals surface area contributed by atoms with Gasteiger partial charge in [0.15, 0.2) is 5.82 Å². The first-order valence-electron chi connectivity index (χ1n) is 9.11. The molecule has 1 N–H and O–H groups in total. The van der Waals surface area contributed by atoms with Crippen LogP contribution in [0.5, 0.6) is 0 Å². The lowest BCUT2D eigenvalue weighted by molar-refractivity contribution is 0.161. The van der Waals surface area contributed by atoms with Crippen LogP contribution < -0.4 is 10.2 Å². The molecule has 0 amide bonds. The molecule has 4 rings (SSSR count). The molecular weight excluding hydrogens is 314 g/mol. The van der Waals surface area contributed by atoms with Gasteiger partial charge in [-0.15, -0.1) is 0 Å². The van der Waals surface area contributed by atoms with E-state index in [1.807, 2.05) is 18.2 Å². The zero-order valence-electron chi connectivity index (χ0n) is 14.7. The number of hydrogen-bond donors (Lipinski definition) is 1. The molecule has 2 aliphatic rings. The zero-order chi connectivity index (χ0) is 17.1. The van der Waals surface area contributed by atoms with Crippen molar-refractivity contribution in [3.63, 3.8) is 0 Å². The van der Waals surface area contributed by atoms with Gasteiger partial charge in [0.1, 0.15) is 11.5 Å². The molecule has 2 aromatic heterocycles. The SMILES string of the molecule is COC[C@H]1CCN(c2nc(-c3ccccn3)nc3c2CCNCC3)C1. The Balaban J connectivity index is 1.73. The number of anilines is 1. The van der Waals surface area contributed by atoms with Gasteiger partial charge in [0.05, 0.1) is 12.3 Å². The second-order valence-corrected chi connectivity index (χ2v) is 6.82. The Hall–Kier alpha value is -2.05. The first-order valence-corrected chi connectivity index (χ1v) is 9.11. The molecule has 6 nitrogen and oxygen atoms in total. The number of nitrogens with one attached hydrogen (secondary N) is 1. The monoisotopic (exact) mass is 339 g/mol. The van der Waals surface area contributed by atoms with Gasteiger partial charge in [-0.1, -0.05) is 6.07 Å². The van der Waals surface area contributed by atoms with Crippen LogP contribution in [0.4, 0.5) is 5.82 Å². The smallest absolute Gasteiger partial charge is 0.180 e. The number of methoxy groups -OCH3 is 1. The van der Waals surface area contributed by atoms with E-state index >= 15 is 0 Å². The standard InChI is InChI=1S/C19H25N5O/c1-25-13-14-7-11-24(12-14)19-15-5-9-20-10-6-16(15)22-18(23-19)17-4-2-3-8-21-17/h2-4,8,14,20H,5-7,9-13H2,1H3/t14-/m0/s1. The van der Waals surface area contributed by atoms with Crippen LogP contribution in [-0.4, -0.2) is 54.8 Å². The maximum absolute atomic E-state index is 5.36. The van der Waals surface area contributed by atoms with Crippen LogP contribution in [0.3, 0.4) is 0 Å². The summed E-state index contributed by atoms with van der Waals surface area (Å²) in [7, 11) is 1.78. The lowest BCUT2D eigenvalue weighted by Crippen LogP contribution is -2.25. The third kappa shape index (κ3) is 3.50. The molecule has 4 heterocycles. The lowest BCUT2D eigenvalue weighted by Gasteiger charge is -2.22. The molecule has 0 spiro atoms. The number of ether oxygens (including phenoxy) is 1. The van der Waals surface area contributed by atoms with E-state index in [0.29, 0.717) is 5.92 Å². The quantitative estimate of drug-likeness (QED) is 0.915. The molecule has 1 saturated heterocycles. The Morgan fingerprint density at radius 1 is 1.24 bits per heavy atom. The van der Waals surface area contributed by atoms with Gasteiger partial charge < -0.3 is 15.0 Å². The van der Waals surface area contributed by atoms with Gasteiger partial charge in [0.25, 0.3) is 0 Å². The molecule has 0 aromatic carbocycles. The summed E-state index contributed by atoms with van der Waals surface area (Å²) >= 11 is 0. The average Bonchev–Trinajstić information content (AvgIpc) is 2.98. The number of nitrogens with zero attached hydrogens (tertiary/aromatic N) is 4. The highest BCUT2D eigenvalue weighted by atomic mass is 16.5. The number of fused-ring (bicyclic) bond motifs is 1. The summed E-state index contributed by atoms with van der Waals surface area (Å²) in [5.41, 5.74) is 3.32. The van der Waals surface area contributed by atoms with E-state index in [9.17, 15) is 0 Å². The van der Waals surface area contributed by atoms with Crippen molar-refractivity contribution in [2.45, 2.75) is 19.3 Å². The van der Waals surface area contributed by atoms with E-state index in [2.05, 4.69) is 15.2 Å². The average molecular weight is 339 g/mol. The largest absolute Gasteiger partial charge is 0.384 e. The normalized spacial score (nSPS) is 20.4. The summed E-state index contributed by atoms with van der Waals surface area (Å²) in [4.78, 5) is 16.7. The van der Waals surface area contributed by atoms with E-state index in [-0.39, 0.29) is 0 Å². The van der Waals surface area contributed by atoms with E-state index in [0.717, 1.165) is 69.4 Å². The highest BCUT2D eigenvalue weighted by Gasteiger charge is 2.28. The van der Waals surface area contributed by atoms with Gasteiger partial charge in [-0.05, 0) is 31.5 Å². The fourth-order valence-corrected chi connectivity index (χ4v) is 3.79. The zero-order valence-corrected chi connectivity index (χ0v) is 14.7. The Bertz CT molecular complexity index is 721. The van der Waals surface area contributed by atoms with Crippen molar-refractivity contribution >= 4 is 5.82 Å². The molecule has 25 heavy (non-hydrogen) atoms. The Labute approximate surface area is 148 Å². The van der Waals surface area contributed by atoms with Crippen LogP contribution in [0.25, 0.3) is 11.5 Å². The van der Waals surface area contributed by atoms with Gasteiger partial charge in [-0.3, -0.25) is 4.98 Å². The van der Waals surface area contributed by atoms with Crippen molar-refractivity contribution in [3.05, 3.63) is 35.7 Å². The highest BCUT2D eigenvalue weighted by molar-refractivity contribution is 5.58. The molecule has 0 aliphatic carbocycles. The summed E-state index contributed by atoms with van der Waals surface area (Å²) in [5.74, 6) is 2.43. The molecule has 0 bridgehead atoms. The minimum Gasteiger partial charge on any atom is -0.384 e. The summed E-state index contributed by atoms with van der Waals surface area (Å²) in [5, 5.41) is 3.48. The number of rotatable bonds is 4. The fraction of sp³-hybridized carbons (Fsp3) is 0.526. The molecule has 0 radical (unpaired) electrons. The van der Waals surface area contributed by atoms with Crippen molar-refractivity contribution < 1.29 is 4.74 Å². The Morgan fingerprint density at radius 3 is 3.00 bits per heavy atom. The van der Waals surface area contributed by atoms with Gasteiger partial charge in [-0.25, -0.2) is 9.97 Å². The summed E-state index contributed by atoms with van der Waals surface area (Å²) in [6, 6.07) is 5.90. The maximum Gasteiger partial charge on any atom is 0.180 e. The maximum atomic E-state index is 5.36. The second-order valence-electron chi connectivity index (χ2n) is 6.82. The molecule has 1 fully saturated rings. The summed E-state index contributed by atoms with van der Waals surface area (Å²) in [6.07, 6.45) is 4.89. The minimum absolute atomic E-state index is 0.581. The fourth-order valence-electron chi connectivity index (χ4n) is 3.79. The molecular formula is C19H25N5O. The summed E-state index contributed by atoms with van der Waals surface area (Å²) in [6.45, 7) is 4.82. The van der Waals surface area contributed by atoms with Crippen LogP contribution in [0.1, 0.15) is 17.7 Å². The number of aromatic nitrogens is 3. The third-order valence-corrected chi connectivity index (χ3v) is 5.04. The van der Waals surface area contributed by atoms with Crippen molar-refractivity contribution in [1.29, 1.82) is 0 Å². The Kier molecular flexibility index (Phi) is 4.90. The van der Waals surface area contributed by atoms with Gasteiger partial charge in [0, 0.05) is 50.8 Å². The van der Waals surface area contributed by atoms with Crippen LogP contribution >= 0.6 is 0 Å². The molecule has 2 aliphatic heterocycles. The van der Waals surface area contributed by atoms with Gasteiger partial charge in [0.2, 0.25) is 0 Å². The van der Waals surface area contributed by atoms with Crippen LogP contribution in [0.15, 0.2) is 24.4 Å². The Morgan fingerprint density at radius 2 is 2.16 bits per heavy atom. The van der Waals surface area contributed by atoms with Crippen molar-refractivity contribution in [3.8, 4) is 11.5 Å². The van der Waals surface area contributed by atoms with Crippen molar-refractivity contribution in [2.75, 3.05) is 44.8 Å². The molecule has 132 valence electrons. The molecule has 2 aromatic rings. The molecule has 0 unspecified atom stereocenters. The first kappa shape index (κ1) is 16.4. The van der Waals surface area contributed by atoms with Gasteiger partial charge >= 0.3 is 0 Å². The van der Waals surface area contributed by atoms with Crippen LogP contribution in [0, 0.1) is 5.92 Å².